The normalized spacial score (nSPS) is 16.2. The maximum absolute atomic E-state index is 11.6. The molecule has 1 aromatic rings. The molecule has 0 unspecified atom stereocenters. The van der Waals surface area contributed by atoms with E-state index in [2.05, 4.69) is 44.4 Å². The van der Waals surface area contributed by atoms with Gasteiger partial charge in [0.15, 0.2) is 15.8 Å². The highest BCUT2D eigenvalue weighted by Crippen LogP contribution is 2.05. The minimum atomic E-state index is -2.97. The Morgan fingerprint density at radius 2 is 1.82 bits per heavy atom. The molecule has 28 heavy (non-hydrogen) atoms. The standard InChI is InChI=1S/C20H32N4O2S.HI/c1-3-21-20(22-12-18-27(25,26)4-2)24-16-14-23(15-17-24)13-8-11-19-9-6-5-7-10-19;/h5-11H,3-4,12-18H2,1-2H3,(H,21,22);1H. The van der Waals surface area contributed by atoms with Crippen molar-refractivity contribution in [3.63, 3.8) is 0 Å². The first-order valence-electron chi connectivity index (χ1n) is 9.71. The number of piperazine rings is 1. The van der Waals surface area contributed by atoms with E-state index in [9.17, 15) is 8.42 Å². The van der Waals surface area contributed by atoms with Crippen molar-refractivity contribution in [1.82, 2.24) is 15.1 Å². The summed E-state index contributed by atoms with van der Waals surface area (Å²) in [7, 11) is -2.97. The molecule has 1 N–H and O–H groups in total. The zero-order chi connectivity index (χ0) is 19.5. The van der Waals surface area contributed by atoms with Crippen LogP contribution in [-0.2, 0) is 9.84 Å². The van der Waals surface area contributed by atoms with Gasteiger partial charge in [0.05, 0.1) is 12.3 Å². The number of hydrogen-bond donors (Lipinski definition) is 1. The molecule has 0 saturated carbocycles. The number of hydrogen-bond acceptors (Lipinski definition) is 4. The van der Waals surface area contributed by atoms with Gasteiger partial charge < -0.3 is 10.2 Å². The minimum Gasteiger partial charge on any atom is -0.357 e. The van der Waals surface area contributed by atoms with Crippen LogP contribution in [0.5, 0.6) is 0 Å². The molecule has 6 nitrogen and oxygen atoms in total. The van der Waals surface area contributed by atoms with Crippen molar-refractivity contribution in [3.05, 3.63) is 42.0 Å². The second-order valence-electron chi connectivity index (χ2n) is 6.57. The molecule has 1 aromatic carbocycles. The summed E-state index contributed by atoms with van der Waals surface area (Å²) in [6, 6.07) is 10.3. The van der Waals surface area contributed by atoms with E-state index in [1.54, 1.807) is 6.92 Å². The van der Waals surface area contributed by atoms with Crippen molar-refractivity contribution in [3.8, 4) is 0 Å². The van der Waals surface area contributed by atoms with E-state index in [0.717, 1.165) is 45.2 Å². The number of nitrogens with one attached hydrogen (secondary N) is 1. The van der Waals surface area contributed by atoms with Gasteiger partial charge in [-0.15, -0.1) is 24.0 Å². The van der Waals surface area contributed by atoms with Crippen LogP contribution in [0.1, 0.15) is 19.4 Å². The van der Waals surface area contributed by atoms with Gasteiger partial charge in [0.2, 0.25) is 0 Å². The average molecular weight is 520 g/mol. The van der Waals surface area contributed by atoms with Gasteiger partial charge in [-0.25, -0.2) is 8.42 Å². The van der Waals surface area contributed by atoms with Gasteiger partial charge in [0, 0.05) is 45.0 Å². The largest absolute Gasteiger partial charge is 0.357 e. The van der Waals surface area contributed by atoms with Crippen LogP contribution < -0.4 is 5.32 Å². The Bertz CT molecular complexity index is 715. The fourth-order valence-electron chi connectivity index (χ4n) is 2.91. The molecule has 2 rings (SSSR count). The molecule has 0 bridgehead atoms. The molecule has 158 valence electrons. The van der Waals surface area contributed by atoms with Crippen LogP contribution in [0.3, 0.4) is 0 Å². The lowest BCUT2D eigenvalue weighted by Gasteiger charge is -2.36. The second-order valence-corrected chi connectivity index (χ2v) is 9.05. The molecule has 0 radical (unpaired) electrons. The molecule has 0 spiro atoms. The zero-order valence-electron chi connectivity index (χ0n) is 16.9. The summed E-state index contributed by atoms with van der Waals surface area (Å²) < 4.78 is 23.3. The SMILES string of the molecule is CCNC(=NCCS(=O)(=O)CC)N1CCN(CC=Cc2ccccc2)CC1.I. The van der Waals surface area contributed by atoms with Crippen molar-refractivity contribution in [2.45, 2.75) is 13.8 Å². The zero-order valence-corrected chi connectivity index (χ0v) is 20.0. The van der Waals surface area contributed by atoms with Gasteiger partial charge in [0.25, 0.3) is 0 Å². The minimum absolute atomic E-state index is 0. The van der Waals surface area contributed by atoms with E-state index in [-0.39, 0.29) is 35.5 Å². The maximum Gasteiger partial charge on any atom is 0.194 e. The Balaban J connectivity index is 0.00000392. The first-order valence-corrected chi connectivity index (χ1v) is 11.5. The predicted octanol–water partition coefficient (Wildman–Crippen LogP) is 2.34. The Morgan fingerprint density at radius 1 is 1.14 bits per heavy atom. The Morgan fingerprint density at radius 3 is 2.43 bits per heavy atom. The summed E-state index contributed by atoms with van der Waals surface area (Å²) in [5.41, 5.74) is 1.22. The summed E-state index contributed by atoms with van der Waals surface area (Å²) in [4.78, 5) is 9.16. The fourth-order valence-corrected chi connectivity index (χ4v) is 3.56. The lowest BCUT2D eigenvalue weighted by atomic mass is 10.2. The van der Waals surface area contributed by atoms with Gasteiger partial charge in [-0.3, -0.25) is 9.89 Å². The van der Waals surface area contributed by atoms with Crippen molar-refractivity contribution in [2.75, 3.05) is 57.3 Å². The third-order valence-electron chi connectivity index (χ3n) is 4.58. The van der Waals surface area contributed by atoms with Crippen molar-refractivity contribution in [1.29, 1.82) is 0 Å². The van der Waals surface area contributed by atoms with E-state index in [1.807, 2.05) is 25.1 Å². The molecule has 0 aliphatic carbocycles. The van der Waals surface area contributed by atoms with Gasteiger partial charge in [-0.2, -0.15) is 0 Å². The first kappa shape index (κ1) is 24.9. The summed E-state index contributed by atoms with van der Waals surface area (Å²) in [5.74, 6) is 1.11. The molecular formula is C20H33IN4O2S. The number of aliphatic imine (C=N–C) groups is 1. The van der Waals surface area contributed by atoms with Crippen molar-refractivity contribution >= 4 is 45.8 Å². The van der Waals surface area contributed by atoms with E-state index in [0.29, 0.717) is 6.54 Å². The average Bonchev–Trinajstić information content (AvgIpc) is 2.69. The van der Waals surface area contributed by atoms with Crippen molar-refractivity contribution < 1.29 is 8.42 Å². The monoisotopic (exact) mass is 520 g/mol. The molecule has 8 heteroatoms. The third kappa shape index (κ3) is 8.91. The highest BCUT2D eigenvalue weighted by atomic mass is 127. The molecular weight excluding hydrogens is 487 g/mol. The third-order valence-corrected chi connectivity index (χ3v) is 6.27. The summed E-state index contributed by atoms with van der Waals surface area (Å²) in [5, 5.41) is 3.28. The lowest BCUT2D eigenvalue weighted by molar-refractivity contribution is 0.194. The van der Waals surface area contributed by atoms with Gasteiger partial charge in [-0.1, -0.05) is 49.4 Å². The topological polar surface area (TPSA) is 65.0 Å². The molecule has 1 heterocycles. The van der Waals surface area contributed by atoms with Crippen LogP contribution in [0.2, 0.25) is 0 Å². The Kier molecular flexibility index (Phi) is 11.7. The molecule has 1 aliphatic heterocycles. The first-order chi connectivity index (χ1) is 13.0. The number of sulfone groups is 1. The lowest BCUT2D eigenvalue weighted by Crippen LogP contribution is -2.52. The second kappa shape index (κ2) is 13.2. The van der Waals surface area contributed by atoms with E-state index in [4.69, 9.17) is 0 Å². The molecule has 1 fully saturated rings. The fraction of sp³-hybridized carbons (Fsp3) is 0.550. The van der Waals surface area contributed by atoms with Crippen molar-refractivity contribution in [2.24, 2.45) is 4.99 Å². The molecule has 1 aliphatic rings. The van der Waals surface area contributed by atoms with Crippen LogP contribution in [0.15, 0.2) is 41.4 Å². The number of nitrogens with zero attached hydrogens (tertiary/aromatic N) is 3. The molecule has 1 saturated heterocycles. The van der Waals surface area contributed by atoms with Gasteiger partial charge in [-0.05, 0) is 12.5 Å². The van der Waals surface area contributed by atoms with Gasteiger partial charge in [0.1, 0.15) is 0 Å². The Hall–Kier alpha value is -1.13. The highest BCUT2D eigenvalue weighted by Gasteiger charge is 2.19. The van der Waals surface area contributed by atoms with E-state index < -0.39 is 9.84 Å². The molecule has 0 atom stereocenters. The van der Waals surface area contributed by atoms with Crippen LogP contribution in [0.4, 0.5) is 0 Å². The summed E-state index contributed by atoms with van der Waals surface area (Å²) >= 11 is 0. The van der Waals surface area contributed by atoms with Gasteiger partial charge >= 0.3 is 0 Å². The van der Waals surface area contributed by atoms with Crippen LogP contribution in [0.25, 0.3) is 6.08 Å². The van der Waals surface area contributed by atoms with Crippen LogP contribution in [-0.4, -0.2) is 81.5 Å². The number of guanidine groups is 1. The maximum atomic E-state index is 11.6. The molecule has 0 amide bonds. The Labute approximate surface area is 187 Å². The van der Waals surface area contributed by atoms with Crippen LogP contribution >= 0.6 is 24.0 Å². The van der Waals surface area contributed by atoms with E-state index >= 15 is 0 Å². The number of halogens is 1. The van der Waals surface area contributed by atoms with E-state index in [1.165, 1.54) is 5.56 Å². The smallest absolute Gasteiger partial charge is 0.194 e. The predicted molar refractivity (Wildman–Crippen MR) is 129 cm³/mol. The highest BCUT2D eigenvalue weighted by molar-refractivity contribution is 14.0. The van der Waals surface area contributed by atoms with Crippen LogP contribution in [0, 0.1) is 0 Å². The quantitative estimate of drug-likeness (QED) is 0.324. The number of rotatable bonds is 8. The summed E-state index contributed by atoms with van der Waals surface area (Å²) in [6.45, 7) is 9.46. The number of benzene rings is 1. The summed E-state index contributed by atoms with van der Waals surface area (Å²) in [6.07, 6.45) is 4.37. The molecule has 0 aromatic heterocycles.